The van der Waals surface area contributed by atoms with Crippen molar-refractivity contribution in [1.29, 1.82) is 5.26 Å². The highest BCUT2D eigenvalue weighted by Gasteiger charge is 2.37. The number of aromatic hydroxyl groups is 1. The van der Waals surface area contributed by atoms with Gasteiger partial charge in [-0.05, 0) is 30.9 Å². The summed E-state index contributed by atoms with van der Waals surface area (Å²) in [6, 6.07) is 6.60. The van der Waals surface area contributed by atoms with Gasteiger partial charge in [-0.25, -0.2) is 0 Å². The van der Waals surface area contributed by atoms with E-state index in [1.807, 2.05) is 33.8 Å². The lowest BCUT2D eigenvalue weighted by molar-refractivity contribution is 0.0636. The minimum absolute atomic E-state index is 0.0330. The molecule has 2 aromatic rings. The molecule has 0 fully saturated rings. The molecule has 1 aliphatic heterocycles. The van der Waals surface area contributed by atoms with Gasteiger partial charge in [-0.3, -0.25) is 23.9 Å². The highest BCUT2D eigenvalue weighted by molar-refractivity contribution is 6.23. The quantitative estimate of drug-likeness (QED) is 0.540. The molecule has 0 unspecified atom stereocenters. The number of aromatic nitrogens is 1. The molecule has 32 heavy (non-hydrogen) atoms. The molecule has 1 aliphatic rings. The average Bonchev–Trinajstić information content (AvgIpc) is 2.96. The Labute approximate surface area is 185 Å². The maximum atomic E-state index is 13.0. The van der Waals surface area contributed by atoms with Gasteiger partial charge in [0.1, 0.15) is 11.6 Å². The molecule has 1 aromatic carbocycles. The summed E-state index contributed by atoms with van der Waals surface area (Å²) < 4.78 is 1.10. The van der Waals surface area contributed by atoms with Crippen LogP contribution in [-0.4, -0.2) is 32.9 Å². The Morgan fingerprint density at radius 1 is 1.03 bits per heavy atom. The summed E-state index contributed by atoms with van der Waals surface area (Å²) >= 11 is 0. The highest BCUT2D eigenvalue weighted by Crippen LogP contribution is 2.33. The van der Waals surface area contributed by atoms with Crippen molar-refractivity contribution in [2.24, 2.45) is 22.1 Å². The first-order valence-corrected chi connectivity index (χ1v) is 10.4. The normalized spacial score (nSPS) is 13.5. The first-order chi connectivity index (χ1) is 15.1. The van der Waals surface area contributed by atoms with Gasteiger partial charge in [-0.1, -0.05) is 33.8 Å². The van der Waals surface area contributed by atoms with Crippen LogP contribution in [0.15, 0.2) is 33.2 Å². The number of hydrogen-bond donors (Lipinski definition) is 1. The van der Waals surface area contributed by atoms with Gasteiger partial charge in [0.25, 0.3) is 17.4 Å². The first kappa shape index (κ1) is 22.9. The van der Waals surface area contributed by atoms with Crippen molar-refractivity contribution in [3.05, 3.63) is 50.8 Å². The van der Waals surface area contributed by atoms with E-state index in [0.29, 0.717) is 0 Å². The third-order valence-corrected chi connectivity index (χ3v) is 5.10. The Hall–Kier alpha value is -3.80. The van der Waals surface area contributed by atoms with Crippen molar-refractivity contribution in [3.8, 4) is 11.9 Å². The van der Waals surface area contributed by atoms with Gasteiger partial charge in [-0.2, -0.15) is 5.26 Å². The van der Waals surface area contributed by atoms with Gasteiger partial charge >= 0.3 is 0 Å². The van der Waals surface area contributed by atoms with Crippen LogP contribution in [-0.2, 0) is 6.54 Å². The van der Waals surface area contributed by atoms with E-state index in [1.165, 1.54) is 11.8 Å². The topological polar surface area (TPSA) is 128 Å². The average molecular weight is 435 g/mol. The zero-order valence-corrected chi connectivity index (χ0v) is 18.7. The van der Waals surface area contributed by atoms with E-state index in [-0.39, 0.29) is 64.5 Å². The smallest absolute Gasteiger partial charge is 0.281 e. The van der Waals surface area contributed by atoms with Crippen molar-refractivity contribution >= 4 is 23.2 Å². The number of fused-ring (bicyclic) bond motifs is 1. The summed E-state index contributed by atoms with van der Waals surface area (Å²) in [5.74, 6) is -1.11. The Morgan fingerprint density at radius 3 is 2.28 bits per heavy atom. The summed E-state index contributed by atoms with van der Waals surface area (Å²) in [4.78, 5) is 39.7. The molecule has 0 saturated heterocycles. The minimum Gasteiger partial charge on any atom is -0.493 e. The van der Waals surface area contributed by atoms with Gasteiger partial charge in [0.15, 0.2) is 5.69 Å². The van der Waals surface area contributed by atoms with Crippen LogP contribution in [0.3, 0.4) is 0 Å². The van der Waals surface area contributed by atoms with Gasteiger partial charge in [0.05, 0.1) is 16.8 Å². The molecule has 1 aromatic heterocycles. The summed E-state index contributed by atoms with van der Waals surface area (Å²) in [5.41, 5.74) is -0.0259. The number of benzene rings is 1. The molecular weight excluding hydrogens is 410 g/mol. The standard InChI is InChI=1S/C23H25N5O4/c1-12(2)10-27-20(29)15-7-6-8-17(18(15)22(27)31)25-26-19-14(5)16(9-24)21(30)28(23(19)32)11-13(3)4/h6-8,12-13,30H,10-11H2,1-5H3. The van der Waals surface area contributed by atoms with E-state index in [4.69, 9.17) is 0 Å². The second kappa shape index (κ2) is 8.75. The summed E-state index contributed by atoms with van der Waals surface area (Å²) in [7, 11) is 0. The molecule has 3 rings (SSSR count). The number of nitrogens with zero attached hydrogens (tertiary/aromatic N) is 5. The van der Waals surface area contributed by atoms with E-state index in [1.54, 1.807) is 18.2 Å². The molecule has 2 heterocycles. The second-order valence-corrected chi connectivity index (χ2v) is 8.61. The lowest BCUT2D eigenvalue weighted by Gasteiger charge is -2.15. The lowest BCUT2D eigenvalue weighted by atomic mass is 10.1. The van der Waals surface area contributed by atoms with Crippen LogP contribution < -0.4 is 5.56 Å². The van der Waals surface area contributed by atoms with Crippen LogP contribution >= 0.6 is 0 Å². The lowest BCUT2D eigenvalue weighted by Crippen LogP contribution is -2.33. The number of amides is 2. The van der Waals surface area contributed by atoms with E-state index < -0.39 is 17.3 Å². The van der Waals surface area contributed by atoms with Crippen molar-refractivity contribution in [2.45, 2.75) is 41.2 Å². The number of nitriles is 1. The summed E-state index contributed by atoms with van der Waals surface area (Å²) in [5, 5.41) is 28.0. The molecule has 9 heteroatoms. The Balaban J connectivity index is 2.12. The van der Waals surface area contributed by atoms with Crippen LogP contribution in [0.4, 0.5) is 11.4 Å². The third-order valence-electron chi connectivity index (χ3n) is 5.10. The fourth-order valence-corrected chi connectivity index (χ4v) is 3.63. The third kappa shape index (κ3) is 3.91. The zero-order valence-electron chi connectivity index (χ0n) is 18.7. The SMILES string of the molecule is Cc1c(C#N)c(O)n(CC(C)C)c(=O)c1N=Nc1cccc2c1C(=O)N(CC(C)C)C2=O. The first-order valence-electron chi connectivity index (χ1n) is 10.4. The number of carbonyl (C=O) groups is 2. The molecule has 2 amide bonds. The molecule has 166 valence electrons. The number of pyridine rings is 1. The molecule has 0 saturated carbocycles. The monoisotopic (exact) mass is 435 g/mol. The maximum absolute atomic E-state index is 13.0. The van der Waals surface area contributed by atoms with E-state index in [0.717, 1.165) is 4.57 Å². The van der Waals surface area contributed by atoms with Crippen LogP contribution in [0.1, 0.15) is 59.5 Å². The van der Waals surface area contributed by atoms with Crippen LogP contribution in [0.2, 0.25) is 0 Å². The number of imide groups is 1. The number of carbonyl (C=O) groups excluding carboxylic acids is 2. The van der Waals surface area contributed by atoms with E-state index >= 15 is 0 Å². The largest absolute Gasteiger partial charge is 0.493 e. The minimum atomic E-state index is -0.590. The summed E-state index contributed by atoms with van der Waals surface area (Å²) in [6.07, 6.45) is 0. The van der Waals surface area contributed by atoms with Gasteiger partial charge < -0.3 is 5.11 Å². The van der Waals surface area contributed by atoms with Crippen LogP contribution in [0.25, 0.3) is 0 Å². The van der Waals surface area contributed by atoms with Crippen LogP contribution in [0.5, 0.6) is 5.88 Å². The zero-order chi connectivity index (χ0) is 23.7. The van der Waals surface area contributed by atoms with Crippen LogP contribution in [0, 0.1) is 30.1 Å². The van der Waals surface area contributed by atoms with Gasteiger partial charge in [-0.15, -0.1) is 10.2 Å². The predicted molar refractivity (Wildman–Crippen MR) is 117 cm³/mol. The number of azo groups is 1. The van der Waals surface area contributed by atoms with Crippen molar-refractivity contribution in [2.75, 3.05) is 6.54 Å². The Morgan fingerprint density at radius 2 is 1.69 bits per heavy atom. The van der Waals surface area contributed by atoms with Gasteiger partial charge in [0, 0.05) is 18.7 Å². The fraction of sp³-hybridized carbons (Fsp3) is 0.391. The van der Waals surface area contributed by atoms with Gasteiger partial charge in [0.2, 0.25) is 5.88 Å². The van der Waals surface area contributed by atoms with E-state index in [9.17, 15) is 24.8 Å². The molecule has 1 N–H and O–H groups in total. The predicted octanol–water partition coefficient (Wildman–Crippen LogP) is 4.06. The highest BCUT2D eigenvalue weighted by atomic mass is 16.3. The molecule has 9 nitrogen and oxygen atoms in total. The number of hydrogen-bond acceptors (Lipinski definition) is 7. The summed E-state index contributed by atoms with van der Waals surface area (Å²) in [6.45, 7) is 9.54. The fourth-order valence-electron chi connectivity index (χ4n) is 3.63. The maximum Gasteiger partial charge on any atom is 0.281 e. The van der Waals surface area contributed by atoms with Crippen molar-refractivity contribution in [3.63, 3.8) is 0 Å². The van der Waals surface area contributed by atoms with Crippen molar-refractivity contribution < 1.29 is 14.7 Å². The molecule has 0 spiro atoms. The van der Waals surface area contributed by atoms with E-state index in [2.05, 4.69) is 10.2 Å². The molecule has 0 radical (unpaired) electrons. The molecule has 0 atom stereocenters. The molecule has 0 aliphatic carbocycles. The van der Waals surface area contributed by atoms with Crippen molar-refractivity contribution in [1.82, 2.24) is 9.47 Å². The Bertz CT molecular complexity index is 1230. The Kier molecular flexibility index (Phi) is 6.25. The molecule has 0 bridgehead atoms. The second-order valence-electron chi connectivity index (χ2n) is 8.61. The number of rotatable bonds is 6. The molecular formula is C23H25N5O4.